The van der Waals surface area contributed by atoms with Gasteiger partial charge in [-0.3, -0.25) is 14.5 Å². The van der Waals surface area contributed by atoms with Crippen LogP contribution >= 0.6 is 11.6 Å². The first kappa shape index (κ1) is 16.3. The molecule has 2 N–H and O–H groups in total. The van der Waals surface area contributed by atoms with E-state index >= 15 is 0 Å². The van der Waals surface area contributed by atoms with Crippen LogP contribution in [0.2, 0.25) is 5.15 Å². The monoisotopic (exact) mass is 372 g/mol. The van der Waals surface area contributed by atoms with Gasteiger partial charge in [0, 0.05) is 5.39 Å². The molecule has 0 unspecified atom stereocenters. The number of imide groups is 1. The molecule has 0 saturated carbocycles. The van der Waals surface area contributed by atoms with Crippen molar-refractivity contribution in [1.29, 1.82) is 0 Å². The number of fused-ring (bicyclic) bond motifs is 2. The Labute approximate surface area is 151 Å². The zero-order chi connectivity index (χ0) is 18.6. The maximum absolute atomic E-state index is 13.0. The van der Waals surface area contributed by atoms with Gasteiger partial charge in [-0.1, -0.05) is 23.7 Å². The lowest BCUT2D eigenvalue weighted by Crippen LogP contribution is -2.29. The van der Waals surface area contributed by atoms with E-state index in [1.165, 1.54) is 36.4 Å². The fraction of sp³-hybridized carbons (Fsp3) is 0.0556. The minimum atomic E-state index is -0.772. The van der Waals surface area contributed by atoms with Gasteiger partial charge in [0.1, 0.15) is 27.8 Å². The maximum atomic E-state index is 13.0. The number of aromatic hydroxyl groups is 2. The van der Waals surface area contributed by atoms with Crippen LogP contribution in [-0.4, -0.2) is 31.9 Å². The van der Waals surface area contributed by atoms with E-state index in [0.717, 1.165) is 4.90 Å². The number of carbonyl (C=O) groups excluding carboxylic acids is 2. The molecule has 3 aromatic rings. The Morgan fingerprint density at radius 1 is 0.962 bits per heavy atom. The number of amides is 2. The van der Waals surface area contributed by atoms with Crippen molar-refractivity contribution in [3.8, 4) is 11.5 Å². The Morgan fingerprint density at radius 3 is 2.23 bits per heavy atom. The third kappa shape index (κ3) is 2.28. The second kappa shape index (κ2) is 5.67. The molecule has 0 spiro atoms. The normalized spacial score (nSPS) is 13.5. The van der Waals surface area contributed by atoms with Gasteiger partial charge in [-0.25, -0.2) is 9.37 Å². The highest BCUT2D eigenvalue weighted by atomic mass is 35.5. The lowest BCUT2D eigenvalue weighted by molar-refractivity contribution is 0.0641. The third-order valence-electron chi connectivity index (χ3n) is 4.24. The second-order valence-corrected chi connectivity index (χ2v) is 6.19. The zero-order valence-corrected chi connectivity index (χ0v) is 13.8. The van der Waals surface area contributed by atoms with E-state index in [9.17, 15) is 24.2 Å². The number of phenols is 2. The van der Waals surface area contributed by atoms with Gasteiger partial charge in [-0.2, -0.15) is 0 Å². The number of aromatic nitrogens is 1. The first-order valence-electron chi connectivity index (χ1n) is 7.53. The molecule has 2 heterocycles. The number of benzene rings is 2. The lowest BCUT2D eigenvalue weighted by atomic mass is 10.0. The summed E-state index contributed by atoms with van der Waals surface area (Å²) in [5, 5.41) is 21.1. The summed E-state index contributed by atoms with van der Waals surface area (Å²) in [6, 6.07) is 8.10. The maximum Gasteiger partial charge on any atom is 0.265 e. The van der Waals surface area contributed by atoms with Crippen LogP contribution in [0.1, 0.15) is 26.3 Å². The lowest BCUT2D eigenvalue weighted by Gasteiger charge is -2.13. The average molecular weight is 373 g/mol. The molecule has 26 heavy (non-hydrogen) atoms. The van der Waals surface area contributed by atoms with Gasteiger partial charge in [-0.15, -0.1) is 0 Å². The van der Waals surface area contributed by atoms with E-state index in [4.69, 9.17) is 11.6 Å². The number of halogens is 2. The summed E-state index contributed by atoms with van der Waals surface area (Å²) < 4.78 is 13.0. The first-order chi connectivity index (χ1) is 12.4. The van der Waals surface area contributed by atoms with Crippen LogP contribution < -0.4 is 0 Å². The van der Waals surface area contributed by atoms with Crippen molar-refractivity contribution in [2.75, 3.05) is 0 Å². The Bertz CT molecular complexity index is 1100. The summed E-state index contributed by atoms with van der Waals surface area (Å²) in [7, 11) is 0. The Balaban J connectivity index is 1.85. The molecule has 8 heteroatoms. The van der Waals surface area contributed by atoms with E-state index in [1.54, 1.807) is 0 Å². The predicted octanol–water partition coefficient (Wildman–Crippen LogP) is 3.23. The minimum absolute atomic E-state index is 0.0621. The summed E-state index contributed by atoms with van der Waals surface area (Å²) in [6.45, 7) is -0.129. The molecule has 0 radical (unpaired) electrons. The number of carbonyl (C=O) groups is 2. The van der Waals surface area contributed by atoms with Gasteiger partial charge in [0.15, 0.2) is 5.75 Å². The Hall–Kier alpha value is -3.19. The third-order valence-corrected chi connectivity index (χ3v) is 4.45. The number of phenolic OH excluding ortho intramolecular Hbond substituents is 2. The van der Waals surface area contributed by atoms with Crippen molar-refractivity contribution < 1.29 is 24.2 Å². The van der Waals surface area contributed by atoms with Crippen LogP contribution in [0.15, 0.2) is 36.4 Å². The fourth-order valence-electron chi connectivity index (χ4n) is 2.99. The molecule has 6 nitrogen and oxygen atoms in total. The summed E-state index contributed by atoms with van der Waals surface area (Å²) >= 11 is 5.81. The topological polar surface area (TPSA) is 90.7 Å². The predicted molar refractivity (Wildman–Crippen MR) is 90.7 cm³/mol. The Morgan fingerprint density at radius 2 is 1.58 bits per heavy atom. The van der Waals surface area contributed by atoms with Gasteiger partial charge >= 0.3 is 0 Å². The van der Waals surface area contributed by atoms with Gasteiger partial charge in [0.2, 0.25) is 0 Å². The highest BCUT2D eigenvalue weighted by molar-refractivity contribution is 6.30. The van der Waals surface area contributed by atoms with Crippen molar-refractivity contribution in [3.63, 3.8) is 0 Å². The van der Waals surface area contributed by atoms with Crippen molar-refractivity contribution in [3.05, 3.63) is 64.1 Å². The smallest absolute Gasteiger partial charge is 0.265 e. The summed E-state index contributed by atoms with van der Waals surface area (Å²) in [4.78, 5) is 30.2. The summed E-state index contributed by atoms with van der Waals surface area (Å²) in [6.07, 6.45) is 0. The second-order valence-electron chi connectivity index (χ2n) is 5.80. The van der Waals surface area contributed by atoms with E-state index in [1.807, 2.05) is 0 Å². The van der Waals surface area contributed by atoms with Gasteiger partial charge in [0.25, 0.3) is 11.8 Å². The van der Waals surface area contributed by atoms with Crippen molar-refractivity contribution in [1.82, 2.24) is 9.88 Å². The summed E-state index contributed by atoms with van der Waals surface area (Å²) in [5.41, 5.74) is -0.160. The molecule has 2 amide bonds. The van der Waals surface area contributed by atoms with Crippen LogP contribution in [0.4, 0.5) is 4.39 Å². The van der Waals surface area contributed by atoms with E-state index < -0.39 is 29.1 Å². The molecule has 0 bridgehead atoms. The molecular formula is C18H10ClFN2O4. The fourth-order valence-corrected chi connectivity index (χ4v) is 3.14. The summed E-state index contributed by atoms with van der Waals surface area (Å²) in [5.74, 6) is -2.93. The molecule has 130 valence electrons. The highest BCUT2D eigenvalue weighted by Gasteiger charge is 2.42. The standard InChI is InChI=1S/C18H10ClFN2O4/c19-11-6-5-10-14(21-11)16(24)13-12(15(10)23)17(25)22(18(13)26)7-8-1-3-9(20)4-2-8/h1-6,23-24H,7H2. The average Bonchev–Trinajstić information content (AvgIpc) is 2.86. The molecule has 0 saturated heterocycles. The van der Waals surface area contributed by atoms with Gasteiger partial charge in [-0.05, 0) is 29.8 Å². The molecule has 0 atom stereocenters. The molecule has 1 aliphatic heterocycles. The van der Waals surface area contributed by atoms with E-state index in [-0.39, 0.29) is 33.7 Å². The minimum Gasteiger partial charge on any atom is -0.506 e. The number of hydrogen-bond acceptors (Lipinski definition) is 5. The van der Waals surface area contributed by atoms with Crippen LogP contribution in [0.25, 0.3) is 10.9 Å². The zero-order valence-electron chi connectivity index (χ0n) is 13.0. The quantitative estimate of drug-likeness (QED) is 0.409. The first-order valence-corrected chi connectivity index (χ1v) is 7.91. The van der Waals surface area contributed by atoms with Gasteiger partial charge < -0.3 is 10.2 Å². The number of nitrogens with zero attached hydrogens (tertiary/aromatic N) is 2. The van der Waals surface area contributed by atoms with Crippen LogP contribution in [0.5, 0.6) is 11.5 Å². The van der Waals surface area contributed by atoms with Crippen LogP contribution in [0.3, 0.4) is 0 Å². The SMILES string of the molecule is O=C1c2c(c(O)c3nc(Cl)ccc3c2O)C(=O)N1Cc1ccc(F)cc1. The van der Waals surface area contributed by atoms with E-state index in [0.29, 0.717) is 5.56 Å². The molecule has 2 aromatic carbocycles. The largest absolute Gasteiger partial charge is 0.506 e. The Kier molecular flexibility index (Phi) is 3.55. The molecule has 0 aliphatic carbocycles. The molecule has 4 rings (SSSR count). The van der Waals surface area contributed by atoms with Gasteiger partial charge in [0.05, 0.1) is 12.1 Å². The highest BCUT2D eigenvalue weighted by Crippen LogP contribution is 2.43. The number of hydrogen-bond donors (Lipinski definition) is 2. The van der Waals surface area contributed by atoms with Crippen molar-refractivity contribution in [2.24, 2.45) is 0 Å². The molecule has 0 fully saturated rings. The molecular weight excluding hydrogens is 363 g/mol. The van der Waals surface area contributed by atoms with Crippen molar-refractivity contribution >= 4 is 34.3 Å². The van der Waals surface area contributed by atoms with Crippen LogP contribution in [0, 0.1) is 5.82 Å². The molecule has 1 aliphatic rings. The number of rotatable bonds is 2. The number of pyridine rings is 1. The van der Waals surface area contributed by atoms with E-state index in [2.05, 4.69) is 4.98 Å². The molecule has 1 aromatic heterocycles. The van der Waals surface area contributed by atoms with Crippen molar-refractivity contribution in [2.45, 2.75) is 6.54 Å². The van der Waals surface area contributed by atoms with Crippen LogP contribution in [-0.2, 0) is 6.54 Å².